The molecular weight excluding hydrogens is 250 g/mol. The molecule has 0 saturated carbocycles. The molecule has 7 heteroatoms. The Morgan fingerprint density at radius 1 is 1.47 bits per heavy atom. The van der Waals surface area contributed by atoms with E-state index in [1.54, 1.807) is 6.07 Å². The summed E-state index contributed by atoms with van der Waals surface area (Å²) in [6.45, 7) is 1.49. The lowest BCUT2D eigenvalue weighted by molar-refractivity contribution is 0.0692. The van der Waals surface area contributed by atoms with Crippen LogP contribution in [0.2, 0.25) is 0 Å². The first-order valence-electron chi connectivity index (χ1n) is 5.75. The normalized spacial score (nSPS) is 13.8. The zero-order chi connectivity index (χ0) is 13.2. The van der Waals surface area contributed by atoms with Crippen molar-refractivity contribution in [2.45, 2.75) is 6.54 Å². The first-order chi connectivity index (χ1) is 9.25. The van der Waals surface area contributed by atoms with Crippen LogP contribution in [0.5, 0.6) is 5.75 Å². The Labute approximate surface area is 108 Å². The SMILES string of the molecule is O=C(O)c1cccc2c1OCCN2Cc1ncno1. The largest absolute Gasteiger partial charge is 0.489 e. The number of aromatic carboxylic acids is 1. The van der Waals surface area contributed by atoms with Crippen LogP contribution in [0.25, 0.3) is 0 Å². The van der Waals surface area contributed by atoms with Crippen LogP contribution < -0.4 is 9.64 Å². The molecular formula is C12H11N3O4. The van der Waals surface area contributed by atoms with Gasteiger partial charge in [-0.25, -0.2) is 4.79 Å². The molecule has 0 atom stereocenters. The predicted molar refractivity (Wildman–Crippen MR) is 64.2 cm³/mol. The fourth-order valence-corrected chi connectivity index (χ4v) is 2.07. The molecule has 0 unspecified atom stereocenters. The number of ether oxygens (including phenoxy) is 1. The van der Waals surface area contributed by atoms with E-state index in [9.17, 15) is 4.79 Å². The van der Waals surface area contributed by atoms with E-state index in [-0.39, 0.29) is 5.56 Å². The number of nitrogens with zero attached hydrogens (tertiary/aromatic N) is 3. The quantitative estimate of drug-likeness (QED) is 0.886. The Balaban J connectivity index is 1.96. The summed E-state index contributed by atoms with van der Waals surface area (Å²) in [6.07, 6.45) is 1.34. The molecule has 0 amide bonds. The maximum Gasteiger partial charge on any atom is 0.339 e. The van der Waals surface area contributed by atoms with E-state index in [1.165, 1.54) is 12.4 Å². The molecule has 0 fully saturated rings. The van der Waals surface area contributed by atoms with E-state index in [1.807, 2.05) is 11.0 Å². The Bertz CT molecular complexity index is 597. The number of hydrogen-bond acceptors (Lipinski definition) is 6. The van der Waals surface area contributed by atoms with Crippen molar-refractivity contribution < 1.29 is 19.2 Å². The van der Waals surface area contributed by atoms with Crippen molar-refractivity contribution in [1.29, 1.82) is 0 Å². The van der Waals surface area contributed by atoms with Crippen molar-refractivity contribution in [2.75, 3.05) is 18.1 Å². The summed E-state index contributed by atoms with van der Waals surface area (Å²) in [5.41, 5.74) is 0.886. The molecule has 2 heterocycles. The van der Waals surface area contributed by atoms with Crippen molar-refractivity contribution >= 4 is 11.7 Å². The van der Waals surface area contributed by atoms with Crippen molar-refractivity contribution in [1.82, 2.24) is 10.1 Å². The smallest absolute Gasteiger partial charge is 0.339 e. The Morgan fingerprint density at radius 2 is 2.37 bits per heavy atom. The van der Waals surface area contributed by atoms with Gasteiger partial charge in [0, 0.05) is 0 Å². The van der Waals surface area contributed by atoms with Crippen molar-refractivity contribution in [3.63, 3.8) is 0 Å². The third kappa shape index (κ3) is 2.10. The van der Waals surface area contributed by atoms with Crippen molar-refractivity contribution in [2.24, 2.45) is 0 Å². The highest BCUT2D eigenvalue weighted by molar-refractivity contribution is 5.93. The highest BCUT2D eigenvalue weighted by Crippen LogP contribution is 2.35. The maximum atomic E-state index is 11.2. The molecule has 0 spiro atoms. The summed E-state index contributed by atoms with van der Waals surface area (Å²) in [6, 6.07) is 5.03. The molecule has 1 aliphatic rings. The van der Waals surface area contributed by atoms with Gasteiger partial charge in [0.15, 0.2) is 12.1 Å². The highest BCUT2D eigenvalue weighted by Gasteiger charge is 2.24. The average molecular weight is 261 g/mol. The summed E-state index contributed by atoms with van der Waals surface area (Å²) >= 11 is 0. The van der Waals surface area contributed by atoms with Gasteiger partial charge in [0.05, 0.1) is 18.8 Å². The topological polar surface area (TPSA) is 88.7 Å². The second-order valence-corrected chi connectivity index (χ2v) is 4.06. The van der Waals surface area contributed by atoms with Crippen LogP contribution in [-0.2, 0) is 6.54 Å². The number of carboxylic acid groups (broad SMARTS) is 1. The summed E-state index contributed by atoms with van der Waals surface area (Å²) in [4.78, 5) is 17.1. The fourth-order valence-electron chi connectivity index (χ4n) is 2.07. The van der Waals surface area contributed by atoms with Crippen LogP contribution in [0.4, 0.5) is 5.69 Å². The zero-order valence-corrected chi connectivity index (χ0v) is 9.94. The van der Waals surface area contributed by atoms with E-state index in [2.05, 4.69) is 10.1 Å². The molecule has 3 rings (SSSR count). The number of anilines is 1. The van der Waals surface area contributed by atoms with Gasteiger partial charge in [-0.15, -0.1) is 0 Å². The fraction of sp³-hybridized carbons (Fsp3) is 0.250. The molecule has 1 N–H and O–H groups in total. The van der Waals surface area contributed by atoms with Crippen LogP contribution in [-0.4, -0.2) is 34.4 Å². The summed E-state index contributed by atoms with van der Waals surface area (Å²) in [5.74, 6) is -0.133. The van der Waals surface area contributed by atoms with Crippen LogP contribution in [0, 0.1) is 0 Å². The lowest BCUT2D eigenvalue weighted by Gasteiger charge is -2.30. The van der Waals surface area contributed by atoms with Gasteiger partial charge in [-0.2, -0.15) is 4.98 Å². The van der Waals surface area contributed by atoms with Crippen molar-refractivity contribution in [3.8, 4) is 5.75 Å². The van der Waals surface area contributed by atoms with E-state index < -0.39 is 5.97 Å². The standard InChI is InChI=1S/C12H11N3O4/c16-12(17)8-2-1-3-9-11(8)18-5-4-15(9)6-10-13-7-14-19-10/h1-3,7H,4-6H2,(H,16,17). The summed E-state index contributed by atoms with van der Waals surface area (Å²) in [5, 5.41) is 12.7. The zero-order valence-electron chi connectivity index (χ0n) is 9.94. The monoisotopic (exact) mass is 261 g/mol. The number of rotatable bonds is 3. The summed E-state index contributed by atoms with van der Waals surface area (Å²) < 4.78 is 10.4. The van der Waals surface area contributed by atoms with Gasteiger partial charge in [0.25, 0.3) is 0 Å². The van der Waals surface area contributed by atoms with Gasteiger partial charge in [-0.05, 0) is 12.1 Å². The average Bonchev–Trinajstić information content (AvgIpc) is 2.91. The van der Waals surface area contributed by atoms with Gasteiger partial charge < -0.3 is 19.3 Å². The molecule has 0 saturated heterocycles. The van der Waals surface area contributed by atoms with Crippen LogP contribution in [0.15, 0.2) is 29.0 Å². The summed E-state index contributed by atoms with van der Waals surface area (Å²) in [7, 11) is 0. The minimum absolute atomic E-state index is 0.160. The second kappa shape index (κ2) is 4.60. The molecule has 0 bridgehead atoms. The van der Waals surface area contributed by atoms with E-state index >= 15 is 0 Å². The number of para-hydroxylation sites is 1. The molecule has 1 aliphatic heterocycles. The molecule has 7 nitrogen and oxygen atoms in total. The number of benzene rings is 1. The number of aromatic nitrogens is 2. The van der Waals surface area contributed by atoms with Gasteiger partial charge in [-0.1, -0.05) is 11.2 Å². The van der Waals surface area contributed by atoms with Crippen molar-refractivity contribution in [3.05, 3.63) is 36.0 Å². The molecule has 1 aromatic carbocycles. The first kappa shape index (κ1) is 11.5. The maximum absolute atomic E-state index is 11.2. The minimum atomic E-state index is -1.00. The van der Waals surface area contributed by atoms with Crippen LogP contribution in [0.3, 0.4) is 0 Å². The highest BCUT2D eigenvalue weighted by atomic mass is 16.5. The number of hydrogen-bond donors (Lipinski definition) is 1. The van der Waals surface area contributed by atoms with Gasteiger partial charge in [0.2, 0.25) is 5.89 Å². The van der Waals surface area contributed by atoms with E-state index in [0.29, 0.717) is 31.3 Å². The Hall–Kier alpha value is -2.57. The third-order valence-electron chi connectivity index (χ3n) is 2.91. The number of fused-ring (bicyclic) bond motifs is 1. The molecule has 0 aliphatic carbocycles. The lowest BCUT2D eigenvalue weighted by atomic mass is 10.1. The number of carboxylic acids is 1. The van der Waals surface area contributed by atoms with E-state index in [0.717, 1.165) is 5.69 Å². The van der Waals surface area contributed by atoms with Crippen LogP contribution >= 0.6 is 0 Å². The predicted octanol–water partition coefficient (Wildman–Crippen LogP) is 1.17. The van der Waals surface area contributed by atoms with Crippen LogP contribution in [0.1, 0.15) is 16.2 Å². The van der Waals surface area contributed by atoms with Gasteiger partial charge in [0.1, 0.15) is 12.2 Å². The second-order valence-electron chi connectivity index (χ2n) is 4.06. The molecule has 98 valence electrons. The Kier molecular flexibility index (Phi) is 2.79. The third-order valence-corrected chi connectivity index (χ3v) is 2.91. The first-order valence-corrected chi connectivity index (χ1v) is 5.75. The van der Waals surface area contributed by atoms with Gasteiger partial charge >= 0.3 is 5.97 Å². The Morgan fingerprint density at radius 3 is 3.11 bits per heavy atom. The molecule has 0 radical (unpaired) electrons. The minimum Gasteiger partial charge on any atom is -0.489 e. The molecule has 2 aromatic rings. The lowest BCUT2D eigenvalue weighted by Crippen LogP contribution is -2.33. The molecule has 19 heavy (non-hydrogen) atoms. The van der Waals surface area contributed by atoms with Gasteiger partial charge in [-0.3, -0.25) is 0 Å². The number of carbonyl (C=O) groups is 1. The van der Waals surface area contributed by atoms with E-state index in [4.69, 9.17) is 14.4 Å². The molecule has 1 aromatic heterocycles.